The van der Waals surface area contributed by atoms with Crippen molar-refractivity contribution in [2.45, 2.75) is 0 Å². The molecule has 0 aromatic carbocycles. The summed E-state index contributed by atoms with van der Waals surface area (Å²) in [5.74, 6) is 0. The minimum absolute atomic E-state index is 0.714. The van der Waals surface area contributed by atoms with Gasteiger partial charge in [0.05, 0.1) is 0 Å². The molecule has 8 heavy (non-hydrogen) atoms. The lowest BCUT2D eigenvalue weighted by atomic mass is 10.5. The third-order valence-electron chi connectivity index (χ3n) is 0.844. The van der Waals surface area contributed by atoms with Crippen molar-refractivity contribution in [3.05, 3.63) is 12.7 Å². The lowest BCUT2D eigenvalue weighted by Gasteiger charge is -2.08. The van der Waals surface area contributed by atoms with E-state index in [1.165, 1.54) is 6.21 Å². The van der Waals surface area contributed by atoms with Crippen LogP contribution in [0.4, 0.5) is 0 Å². The molecule has 1 N–H and O–H groups in total. The normalized spacial score (nSPS) is 9.25. The predicted octanol–water partition coefficient (Wildman–Crippen LogP) is 0.754. The Balaban J connectivity index is 3.16. The van der Waals surface area contributed by atoms with E-state index < -0.39 is 0 Å². The van der Waals surface area contributed by atoms with Crippen molar-refractivity contribution >= 4 is 6.21 Å². The molecule has 0 fully saturated rings. The van der Waals surface area contributed by atoms with Gasteiger partial charge in [-0.15, -0.1) is 6.58 Å². The second-order valence-corrected chi connectivity index (χ2v) is 1.71. The van der Waals surface area contributed by atoms with Crippen LogP contribution in [0.2, 0.25) is 0 Å². The summed E-state index contributed by atoms with van der Waals surface area (Å²) in [7, 11) is 1.95. The van der Waals surface area contributed by atoms with Crippen LogP contribution in [0.1, 0.15) is 0 Å². The van der Waals surface area contributed by atoms with Gasteiger partial charge in [-0.3, -0.25) is 4.90 Å². The van der Waals surface area contributed by atoms with Gasteiger partial charge in [0.25, 0.3) is 0 Å². The molecule has 2 nitrogen and oxygen atoms in total. The summed E-state index contributed by atoms with van der Waals surface area (Å²) in [6.45, 7) is 5.14. The Morgan fingerprint density at radius 3 is 2.62 bits per heavy atom. The van der Waals surface area contributed by atoms with Crippen LogP contribution in [-0.4, -0.2) is 31.3 Å². The minimum atomic E-state index is 0.714. The first-order valence-corrected chi connectivity index (χ1v) is 2.59. The monoisotopic (exact) mass is 112 g/mol. The number of nitrogens with one attached hydrogen (secondary N) is 1. The van der Waals surface area contributed by atoms with E-state index in [1.54, 1.807) is 0 Å². The fraction of sp³-hybridized carbons (Fsp3) is 0.500. The average molecular weight is 112 g/mol. The van der Waals surface area contributed by atoms with Gasteiger partial charge in [-0.25, -0.2) is 0 Å². The molecule has 0 bridgehead atoms. The van der Waals surface area contributed by atoms with Crippen LogP contribution >= 0.6 is 0 Å². The zero-order valence-electron chi connectivity index (χ0n) is 5.22. The molecule has 0 aromatic rings. The highest BCUT2D eigenvalue weighted by atomic mass is 15.1. The molecule has 46 valence electrons. The molecule has 0 aliphatic carbocycles. The molecular formula is C6H12N2. The molecule has 0 saturated carbocycles. The zero-order chi connectivity index (χ0) is 6.41. The van der Waals surface area contributed by atoms with Crippen LogP contribution in [0, 0.1) is 5.41 Å². The standard InChI is InChI=1S/C6H12N2/c1-3-5-8(2)6-4-7/h3-4,7H,1,5-6H2,2H3. The Kier molecular flexibility index (Phi) is 4.17. The summed E-state index contributed by atoms with van der Waals surface area (Å²) in [6.07, 6.45) is 3.20. The quantitative estimate of drug-likeness (QED) is 0.422. The van der Waals surface area contributed by atoms with Gasteiger partial charge in [0.1, 0.15) is 0 Å². The van der Waals surface area contributed by atoms with Gasteiger partial charge in [0, 0.05) is 19.3 Å². The number of rotatable bonds is 4. The molecule has 0 rings (SSSR count). The molecule has 0 amide bonds. The minimum Gasteiger partial charge on any atom is -0.312 e. The van der Waals surface area contributed by atoms with Crippen molar-refractivity contribution in [3.63, 3.8) is 0 Å². The number of hydrogen-bond donors (Lipinski definition) is 1. The maximum Gasteiger partial charge on any atom is 0.0330 e. The topological polar surface area (TPSA) is 27.1 Å². The number of nitrogens with zero attached hydrogens (tertiary/aromatic N) is 1. The molecule has 0 saturated heterocycles. The second kappa shape index (κ2) is 4.53. The van der Waals surface area contributed by atoms with E-state index in [9.17, 15) is 0 Å². The van der Waals surface area contributed by atoms with E-state index in [-0.39, 0.29) is 0 Å². The molecule has 0 radical (unpaired) electrons. The van der Waals surface area contributed by atoms with Crippen LogP contribution in [0.3, 0.4) is 0 Å². The molecule has 0 spiro atoms. The third kappa shape index (κ3) is 3.56. The van der Waals surface area contributed by atoms with Gasteiger partial charge in [0.2, 0.25) is 0 Å². The summed E-state index contributed by atoms with van der Waals surface area (Å²) in [5, 5.41) is 6.71. The van der Waals surface area contributed by atoms with Gasteiger partial charge < -0.3 is 5.41 Å². The van der Waals surface area contributed by atoms with E-state index in [2.05, 4.69) is 6.58 Å². The highest BCUT2D eigenvalue weighted by Gasteiger charge is 1.86. The molecule has 0 atom stereocenters. The fourth-order valence-electron chi connectivity index (χ4n) is 0.451. The lowest BCUT2D eigenvalue weighted by Crippen LogP contribution is -2.19. The Bertz CT molecular complexity index is 68.6. The van der Waals surface area contributed by atoms with E-state index in [4.69, 9.17) is 5.41 Å². The van der Waals surface area contributed by atoms with Crippen molar-refractivity contribution in [1.82, 2.24) is 4.90 Å². The summed E-state index contributed by atoms with van der Waals surface area (Å²) < 4.78 is 0. The van der Waals surface area contributed by atoms with Crippen LogP contribution in [0.15, 0.2) is 12.7 Å². The number of likely N-dealkylation sites (N-methyl/N-ethyl adjacent to an activating group) is 1. The summed E-state index contributed by atoms with van der Waals surface area (Å²) in [6, 6.07) is 0. The van der Waals surface area contributed by atoms with Crippen LogP contribution in [-0.2, 0) is 0 Å². The van der Waals surface area contributed by atoms with Gasteiger partial charge in [-0.05, 0) is 7.05 Å². The van der Waals surface area contributed by atoms with Crippen molar-refractivity contribution in [2.75, 3.05) is 20.1 Å². The van der Waals surface area contributed by atoms with Crippen LogP contribution in [0.25, 0.3) is 0 Å². The maximum absolute atomic E-state index is 6.71. The average Bonchev–Trinajstić information content (AvgIpc) is 1.68. The Morgan fingerprint density at radius 1 is 1.62 bits per heavy atom. The van der Waals surface area contributed by atoms with Gasteiger partial charge in [0.15, 0.2) is 0 Å². The Labute approximate surface area is 50.3 Å². The van der Waals surface area contributed by atoms with E-state index in [0.717, 1.165) is 6.54 Å². The number of hydrogen-bond acceptors (Lipinski definition) is 2. The highest BCUT2D eigenvalue weighted by Crippen LogP contribution is 1.76. The SMILES string of the molecule is C=CCN(C)CC=N. The first-order valence-electron chi connectivity index (χ1n) is 2.59. The summed E-state index contributed by atoms with van der Waals surface area (Å²) in [4.78, 5) is 2.00. The second-order valence-electron chi connectivity index (χ2n) is 1.71. The molecule has 0 aliphatic heterocycles. The van der Waals surface area contributed by atoms with Crippen LogP contribution in [0.5, 0.6) is 0 Å². The first-order chi connectivity index (χ1) is 3.81. The molecule has 0 heterocycles. The summed E-state index contributed by atoms with van der Waals surface area (Å²) in [5.41, 5.74) is 0. The maximum atomic E-state index is 6.71. The van der Waals surface area contributed by atoms with Gasteiger partial charge in [-0.2, -0.15) is 0 Å². The van der Waals surface area contributed by atoms with Crippen molar-refractivity contribution in [3.8, 4) is 0 Å². The van der Waals surface area contributed by atoms with Crippen molar-refractivity contribution < 1.29 is 0 Å². The summed E-state index contributed by atoms with van der Waals surface area (Å²) >= 11 is 0. The molecule has 0 aromatic heterocycles. The van der Waals surface area contributed by atoms with Crippen molar-refractivity contribution in [2.24, 2.45) is 0 Å². The molecule has 0 unspecified atom stereocenters. The fourth-order valence-corrected chi connectivity index (χ4v) is 0.451. The predicted molar refractivity (Wildman–Crippen MR) is 36.5 cm³/mol. The van der Waals surface area contributed by atoms with Gasteiger partial charge >= 0.3 is 0 Å². The largest absolute Gasteiger partial charge is 0.312 e. The smallest absolute Gasteiger partial charge is 0.0330 e. The molecular weight excluding hydrogens is 100 g/mol. The van der Waals surface area contributed by atoms with E-state index >= 15 is 0 Å². The Hall–Kier alpha value is -0.630. The lowest BCUT2D eigenvalue weighted by molar-refractivity contribution is 0.427. The zero-order valence-corrected chi connectivity index (χ0v) is 5.22. The Morgan fingerprint density at radius 2 is 2.25 bits per heavy atom. The third-order valence-corrected chi connectivity index (χ3v) is 0.844. The molecule has 0 aliphatic rings. The highest BCUT2D eigenvalue weighted by molar-refractivity contribution is 5.55. The van der Waals surface area contributed by atoms with E-state index in [0.29, 0.717) is 6.54 Å². The molecule has 2 heteroatoms. The first kappa shape index (κ1) is 7.37. The van der Waals surface area contributed by atoms with Crippen LogP contribution < -0.4 is 0 Å². The van der Waals surface area contributed by atoms with Gasteiger partial charge in [-0.1, -0.05) is 6.08 Å². The van der Waals surface area contributed by atoms with E-state index in [1.807, 2.05) is 18.0 Å². The van der Waals surface area contributed by atoms with Crippen molar-refractivity contribution in [1.29, 1.82) is 5.41 Å².